The number of hydrogen-bond donors (Lipinski definition) is 0. The Bertz CT molecular complexity index is 1830. The predicted octanol–water partition coefficient (Wildman–Crippen LogP) is 10.8. The van der Waals surface area contributed by atoms with Gasteiger partial charge in [0.1, 0.15) is 0 Å². The molecule has 0 spiro atoms. The first-order chi connectivity index (χ1) is 20.8. The van der Waals surface area contributed by atoms with Crippen LogP contribution in [0.5, 0.6) is 0 Å². The van der Waals surface area contributed by atoms with Crippen molar-refractivity contribution < 1.29 is 0 Å². The molecule has 7 aromatic rings. The minimum Gasteiger partial charge on any atom is -0.256 e. The summed E-state index contributed by atoms with van der Waals surface area (Å²) in [4.78, 5) is 9.38. The molecule has 0 heterocycles. The van der Waals surface area contributed by atoms with E-state index in [1.165, 1.54) is 43.8 Å². The first kappa shape index (κ1) is 25.4. The van der Waals surface area contributed by atoms with Crippen LogP contribution in [-0.4, -0.2) is 12.4 Å². The zero-order valence-corrected chi connectivity index (χ0v) is 23.1. The number of aliphatic imine (C=N–C) groups is 2. The topological polar surface area (TPSA) is 24.7 Å². The van der Waals surface area contributed by atoms with Crippen molar-refractivity contribution in [2.75, 3.05) is 0 Å². The number of hydrogen-bond acceptors (Lipinski definition) is 2. The molecule has 0 fully saturated rings. The van der Waals surface area contributed by atoms with Crippen molar-refractivity contribution in [3.8, 4) is 22.3 Å². The summed E-state index contributed by atoms with van der Waals surface area (Å²) >= 11 is 0. The average molecular weight is 537 g/mol. The maximum atomic E-state index is 4.69. The van der Waals surface area contributed by atoms with Crippen molar-refractivity contribution >= 4 is 45.3 Å². The number of benzene rings is 7. The fraction of sp³-hybridized carbons (Fsp3) is 0. The van der Waals surface area contributed by atoms with Crippen LogP contribution in [0.15, 0.2) is 168 Å². The van der Waals surface area contributed by atoms with Gasteiger partial charge in [0, 0.05) is 12.4 Å². The predicted molar refractivity (Wildman–Crippen MR) is 180 cm³/mol. The lowest BCUT2D eigenvalue weighted by atomic mass is 9.86. The summed E-state index contributed by atoms with van der Waals surface area (Å²) in [7, 11) is 0. The molecule has 198 valence electrons. The molecular formula is C40H28N2. The van der Waals surface area contributed by atoms with E-state index in [2.05, 4.69) is 121 Å². The molecule has 0 atom stereocenters. The van der Waals surface area contributed by atoms with Crippen LogP contribution in [0.4, 0.5) is 11.4 Å². The lowest BCUT2D eigenvalue weighted by Gasteiger charge is -2.17. The molecule has 0 aliphatic rings. The maximum absolute atomic E-state index is 4.69. The van der Waals surface area contributed by atoms with Crippen molar-refractivity contribution in [3.05, 3.63) is 169 Å². The van der Waals surface area contributed by atoms with E-state index in [4.69, 9.17) is 9.98 Å². The first-order valence-electron chi connectivity index (χ1n) is 14.2. The van der Waals surface area contributed by atoms with Gasteiger partial charge in [0.05, 0.1) is 11.4 Å². The minimum atomic E-state index is 0.933. The summed E-state index contributed by atoms with van der Waals surface area (Å²) in [6.07, 6.45) is 3.82. The molecule has 0 aliphatic carbocycles. The number of nitrogens with zero attached hydrogens (tertiary/aromatic N) is 2. The molecule has 7 aromatic carbocycles. The summed E-state index contributed by atoms with van der Waals surface area (Å²) < 4.78 is 0. The van der Waals surface area contributed by atoms with Crippen LogP contribution in [0.2, 0.25) is 0 Å². The summed E-state index contributed by atoms with van der Waals surface area (Å²) in [6.45, 7) is 0. The Morgan fingerprint density at radius 1 is 0.310 bits per heavy atom. The van der Waals surface area contributed by atoms with Gasteiger partial charge in [-0.1, -0.05) is 133 Å². The standard InChI is InChI=1S/C40H28N2/c1-3-11-29(12-4-1)27-41-33-23-19-31(20-24-33)39-35-15-7-9-17-37(35)40(38-18-10-8-16-36(38)39)32-21-25-34(26-22-32)42-28-30-13-5-2-6-14-30/h1-28H. The third-order valence-corrected chi connectivity index (χ3v) is 7.57. The van der Waals surface area contributed by atoms with Gasteiger partial charge in [-0.25, -0.2) is 0 Å². The van der Waals surface area contributed by atoms with Gasteiger partial charge in [-0.05, 0) is 79.2 Å². The second-order valence-electron chi connectivity index (χ2n) is 10.3. The van der Waals surface area contributed by atoms with Crippen molar-refractivity contribution in [1.82, 2.24) is 0 Å². The highest BCUT2D eigenvalue weighted by molar-refractivity contribution is 6.21. The molecule has 2 nitrogen and oxygen atoms in total. The van der Waals surface area contributed by atoms with Crippen molar-refractivity contribution in [2.24, 2.45) is 9.98 Å². The Hall–Kier alpha value is -5.60. The zero-order valence-electron chi connectivity index (χ0n) is 23.1. The summed E-state index contributed by atoms with van der Waals surface area (Å²) in [5, 5.41) is 4.94. The Kier molecular flexibility index (Phi) is 6.94. The average Bonchev–Trinajstić information content (AvgIpc) is 3.07. The van der Waals surface area contributed by atoms with Gasteiger partial charge in [-0.15, -0.1) is 0 Å². The van der Waals surface area contributed by atoms with Gasteiger partial charge in [-0.2, -0.15) is 0 Å². The van der Waals surface area contributed by atoms with E-state index in [0.29, 0.717) is 0 Å². The monoisotopic (exact) mass is 536 g/mol. The van der Waals surface area contributed by atoms with E-state index in [1.807, 2.05) is 48.8 Å². The molecule has 42 heavy (non-hydrogen) atoms. The molecule has 0 radical (unpaired) electrons. The largest absolute Gasteiger partial charge is 0.256 e. The van der Waals surface area contributed by atoms with Crippen molar-refractivity contribution in [3.63, 3.8) is 0 Å². The Morgan fingerprint density at radius 3 is 0.952 bits per heavy atom. The second-order valence-corrected chi connectivity index (χ2v) is 10.3. The Morgan fingerprint density at radius 2 is 0.619 bits per heavy atom. The van der Waals surface area contributed by atoms with Gasteiger partial charge < -0.3 is 0 Å². The molecule has 2 heteroatoms. The van der Waals surface area contributed by atoms with Crippen LogP contribution in [-0.2, 0) is 0 Å². The number of fused-ring (bicyclic) bond motifs is 2. The van der Waals surface area contributed by atoms with Gasteiger partial charge in [0.25, 0.3) is 0 Å². The third kappa shape index (κ3) is 5.14. The van der Waals surface area contributed by atoms with Crippen LogP contribution in [0.1, 0.15) is 11.1 Å². The summed E-state index contributed by atoms with van der Waals surface area (Å²) in [6, 6.07) is 55.0. The molecule has 0 aliphatic heterocycles. The van der Waals surface area contributed by atoms with E-state index >= 15 is 0 Å². The minimum absolute atomic E-state index is 0.933. The lowest BCUT2D eigenvalue weighted by molar-refractivity contribution is 1.52. The lowest BCUT2D eigenvalue weighted by Crippen LogP contribution is -1.90. The van der Waals surface area contributed by atoms with E-state index in [-0.39, 0.29) is 0 Å². The van der Waals surface area contributed by atoms with Gasteiger partial charge in [-0.3, -0.25) is 9.98 Å². The smallest absolute Gasteiger partial charge is 0.0630 e. The highest BCUT2D eigenvalue weighted by Gasteiger charge is 2.16. The van der Waals surface area contributed by atoms with Gasteiger partial charge in [0.15, 0.2) is 0 Å². The van der Waals surface area contributed by atoms with Crippen LogP contribution in [0.3, 0.4) is 0 Å². The molecule has 0 aromatic heterocycles. The molecular weight excluding hydrogens is 508 g/mol. The van der Waals surface area contributed by atoms with E-state index in [1.54, 1.807) is 0 Å². The highest BCUT2D eigenvalue weighted by atomic mass is 14.7. The summed E-state index contributed by atoms with van der Waals surface area (Å²) in [5.74, 6) is 0. The van der Waals surface area contributed by atoms with Crippen LogP contribution < -0.4 is 0 Å². The molecule has 0 bridgehead atoms. The highest BCUT2D eigenvalue weighted by Crippen LogP contribution is 2.44. The van der Waals surface area contributed by atoms with Crippen LogP contribution >= 0.6 is 0 Å². The van der Waals surface area contributed by atoms with Crippen LogP contribution in [0.25, 0.3) is 43.8 Å². The Labute approximate surface area is 246 Å². The van der Waals surface area contributed by atoms with Gasteiger partial charge in [0.2, 0.25) is 0 Å². The van der Waals surface area contributed by atoms with Gasteiger partial charge >= 0.3 is 0 Å². The molecule has 0 saturated heterocycles. The zero-order chi connectivity index (χ0) is 28.1. The third-order valence-electron chi connectivity index (χ3n) is 7.57. The molecule has 0 amide bonds. The van der Waals surface area contributed by atoms with E-state index in [0.717, 1.165) is 22.5 Å². The first-order valence-corrected chi connectivity index (χ1v) is 14.2. The fourth-order valence-electron chi connectivity index (χ4n) is 5.56. The van der Waals surface area contributed by atoms with Crippen molar-refractivity contribution in [2.45, 2.75) is 0 Å². The van der Waals surface area contributed by atoms with E-state index in [9.17, 15) is 0 Å². The maximum Gasteiger partial charge on any atom is 0.0630 e. The quantitative estimate of drug-likeness (QED) is 0.149. The molecule has 0 saturated carbocycles. The fourth-order valence-corrected chi connectivity index (χ4v) is 5.56. The SMILES string of the molecule is C(=Nc1ccc(-c2c3ccccc3c(-c3ccc(N=Cc4ccccc4)cc3)c3ccccc23)cc1)c1ccccc1. The molecule has 7 rings (SSSR count). The second kappa shape index (κ2) is 11.5. The normalized spacial score (nSPS) is 11.6. The summed E-state index contributed by atoms with van der Waals surface area (Å²) in [5.41, 5.74) is 8.89. The molecule has 0 N–H and O–H groups in total. The Balaban J connectivity index is 1.30. The van der Waals surface area contributed by atoms with E-state index < -0.39 is 0 Å². The molecule has 0 unspecified atom stereocenters. The number of rotatable bonds is 6. The van der Waals surface area contributed by atoms with Crippen molar-refractivity contribution in [1.29, 1.82) is 0 Å². The van der Waals surface area contributed by atoms with Crippen LogP contribution in [0, 0.1) is 0 Å².